The highest BCUT2D eigenvalue weighted by Crippen LogP contribution is 2.19. The average Bonchev–Trinajstić information content (AvgIpc) is 2.39. The molecule has 1 heterocycles. The zero-order chi connectivity index (χ0) is 13.8. The van der Waals surface area contributed by atoms with E-state index in [4.69, 9.17) is 0 Å². The lowest BCUT2D eigenvalue weighted by molar-refractivity contribution is -0.133. The van der Waals surface area contributed by atoms with Gasteiger partial charge in [0.05, 0.1) is 6.04 Å². The number of aliphatic carboxylic acids is 1. The van der Waals surface area contributed by atoms with Gasteiger partial charge < -0.3 is 10.4 Å². The van der Waals surface area contributed by atoms with E-state index in [2.05, 4.69) is 28.9 Å². The van der Waals surface area contributed by atoms with Gasteiger partial charge in [-0.2, -0.15) is 0 Å². The zero-order valence-corrected chi connectivity index (χ0v) is 11.2. The van der Waals surface area contributed by atoms with Gasteiger partial charge in [-0.05, 0) is 12.5 Å². The Morgan fingerprint density at radius 1 is 1.47 bits per heavy atom. The highest BCUT2D eigenvalue weighted by Gasteiger charge is 2.32. The topological polar surface area (TPSA) is 52.6 Å². The quantitative estimate of drug-likeness (QED) is 0.805. The third kappa shape index (κ3) is 3.22. The van der Waals surface area contributed by atoms with E-state index in [1.807, 2.05) is 25.1 Å². The second kappa shape index (κ2) is 5.99. The van der Waals surface area contributed by atoms with Crippen LogP contribution in [0.2, 0.25) is 0 Å². The van der Waals surface area contributed by atoms with E-state index in [0.29, 0.717) is 0 Å². The van der Waals surface area contributed by atoms with Crippen molar-refractivity contribution >= 4 is 5.97 Å². The molecule has 2 N–H and O–H groups in total. The minimum absolute atomic E-state index is 0.0982. The fraction of sp³-hybridized carbons (Fsp3) is 0.400. The summed E-state index contributed by atoms with van der Waals surface area (Å²) in [6, 6.07) is 10.1. The van der Waals surface area contributed by atoms with E-state index in [9.17, 15) is 9.90 Å². The maximum Gasteiger partial charge on any atom is 0.332 e. The molecule has 4 heteroatoms. The number of carboxylic acid groups (broad SMARTS) is 1. The number of carbonyl (C=O) groups is 1. The van der Waals surface area contributed by atoms with Crippen molar-refractivity contribution in [3.63, 3.8) is 0 Å². The molecule has 1 aliphatic heterocycles. The second-order valence-electron chi connectivity index (χ2n) is 4.97. The monoisotopic (exact) mass is 260 g/mol. The van der Waals surface area contributed by atoms with Crippen LogP contribution >= 0.6 is 0 Å². The summed E-state index contributed by atoms with van der Waals surface area (Å²) in [6.45, 7) is 8.20. The number of carboxylic acids is 1. The Bertz CT molecular complexity index is 458. The third-order valence-electron chi connectivity index (χ3n) is 3.59. The summed E-state index contributed by atoms with van der Waals surface area (Å²) in [4.78, 5) is 13.4. The van der Waals surface area contributed by atoms with Crippen LogP contribution in [0.25, 0.3) is 0 Å². The van der Waals surface area contributed by atoms with Crippen molar-refractivity contribution in [1.82, 2.24) is 10.2 Å². The van der Waals surface area contributed by atoms with Crippen molar-refractivity contribution in [1.29, 1.82) is 0 Å². The van der Waals surface area contributed by atoms with Crippen LogP contribution in [0, 0.1) is 0 Å². The van der Waals surface area contributed by atoms with Crippen molar-refractivity contribution in [3.8, 4) is 0 Å². The normalized spacial score (nSPS) is 24.1. The Labute approximate surface area is 113 Å². The van der Waals surface area contributed by atoms with E-state index in [-0.39, 0.29) is 17.7 Å². The van der Waals surface area contributed by atoms with Crippen molar-refractivity contribution in [2.75, 3.05) is 13.1 Å². The van der Waals surface area contributed by atoms with Gasteiger partial charge in [-0.3, -0.25) is 4.90 Å². The van der Waals surface area contributed by atoms with Gasteiger partial charge >= 0.3 is 5.97 Å². The molecule has 4 nitrogen and oxygen atoms in total. The fourth-order valence-corrected chi connectivity index (χ4v) is 2.65. The number of benzene rings is 1. The molecule has 0 spiro atoms. The van der Waals surface area contributed by atoms with Crippen LogP contribution < -0.4 is 5.32 Å². The first kappa shape index (κ1) is 13.8. The molecule has 1 aromatic rings. The molecule has 0 amide bonds. The molecule has 1 aliphatic rings. The molecule has 0 saturated carbocycles. The smallest absolute Gasteiger partial charge is 0.332 e. The molecular formula is C15H20N2O2. The number of hydrogen-bond acceptors (Lipinski definition) is 3. The minimum Gasteiger partial charge on any atom is -0.478 e. The Hall–Kier alpha value is -1.65. The molecule has 0 unspecified atom stereocenters. The molecular weight excluding hydrogens is 240 g/mol. The predicted molar refractivity (Wildman–Crippen MR) is 74.9 cm³/mol. The standard InChI is InChI=1S/C15H20N2O2/c1-11(15(18)19)14-12(2)16-8-9-17(14)10-13-6-4-3-5-7-13/h3-7,12,14,16H,1,8-10H2,2H3,(H,18,19)/t12-,14-/m0/s1. The summed E-state index contributed by atoms with van der Waals surface area (Å²) in [5.41, 5.74) is 1.45. The van der Waals surface area contributed by atoms with Crippen molar-refractivity contribution in [2.24, 2.45) is 0 Å². The molecule has 2 rings (SSSR count). The zero-order valence-electron chi connectivity index (χ0n) is 11.2. The number of piperazine rings is 1. The van der Waals surface area contributed by atoms with Crippen LogP contribution in [0.4, 0.5) is 0 Å². The summed E-state index contributed by atoms with van der Waals surface area (Å²) in [5.74, 6) is -0.918. The summed E-state index contributed by atoms with van der Waals surface area (Å²) in [7, 11) is 0. The Balaban J connectivity index is 2.16. The van der Waals surface area contributed by atoms with Gasteiger partial charge in [-0.25, -0.2) is 4.79 Å². The average molecular weight is 260 g/mol. The van der Waals surface area contributed by atoms with E-state index >= 15 is 0 Å². The molecule has 1 saturated heterocycles. The molecule has 1 fully saturated rings. The van der Waals surface area contributed by atoms with Crippen molar-refractivity contribution in [2.45, 2.75) is 25.6 Å². The third-order valence-corrected chi connectivity index (χ3v) is 3.59. The van der Waals surface area contributed by atoms with E-state index in [0.717, 1.165) is 19.6 Å². The summed E-state index contributed by atoms with van der Waals surface area (Å²) < 4.78 is 0. The number of nitrogens with zero attached hydrogens (tertiary/aromatic N) is 1. The van der Waals surface area contributed by atoms with Gasteiger partial charge in [0.2, 0.25) is 0 Å². The largest absolute Gasteiger partial charge is 0.478 e. The molecule has 1 aromatic carbocycles. The van der Waals surface area contributed by atoms with Crippen LogP contribution in [0.15, 0.2) is 42.5 Å². The SMILES string of the molecule is C=C(C(=O)O)[C@H]1[C@H](C)NCCN1Cc1ccccc1. The predicted octanol–water partition coefficient (Wildman–Crippen LogP) is 1.49. The van der Waals surface area contributed by atoms with E-state index in [1.165, 1.54) is 5.56 Å². The van der Waals surface area contributed by atoms with Crippen LogP contribution in [0.1, 0.15) is 12.5 Å². The molecule has 102 valence electrons. The highest BCUT2D eigenvalue weighted by atomic mass is 16.4. The van der Waals surface area contributed by atoms with Gasteiger partial charge in [-0.15, -0.1) is 0 Å². The second-order valence-corrected chi connectivity index (χ2v) is 4.97. The van der Waals surface area contributed by atoms with E-state index in [1.54, 1.807) is 0 Å². The maximum atomic E-state index is 11.2. The highest BCUT2D eigenvalue weighted by molar-refractivity contribution is 5.87. The fourth-order valence-electron chi connectivity index (χ4n) is 2.65. The van der Waals surface area contributed by atoms with Gasteiger partial charge in [0, 0.05) is 31.2 Å². The lowest BCUT2D eigenvalue weighted by Crippen LogP contribution is -2.57. The first-order chi connectivity index (χ1) is 9.09. The minimum atomic E-state index is -0.918. The Morgan fingerprint density at radius 2 is 2.16 bits per heavy atom. The molecule has 0 radical (unpaired) electrons. The Morgan fingerprint density at radius 3 is 2.79 bits per heavy atom. The lowest BCUT2D eigenvalue weighted by atomic mass is 9.97. The van der Waals surface area contributed by atoms with Crippen molar-refractivity contribution in [3.05, 3.63) is 48.0 Å². The summed E-state index contributed by atoms with van der Waals surface area (Å²) >= 11 is 0. The Kier molecular flexibility index (Phi) is 4.35. The summed E-state index contributed by atoms with van der Waals surface area (Å²) in [6.07, 6.45) is 0. The number of hydrogen-bond donors (Lipinski definition) is 2. The number of rotatable bonds is 4. The van der Waals surface area contributed by atoms with Gasteiger partial charge in [-0.1, -0.05) is 36.9 Å². The molecule has 19 heavy (non-hydrogen) atoms. The van der Waals surface area contributed by atoms with Crippen molar-refractivity contribution < 1.29 is 9.90 Å². The number of nitrogens with one attached hydrogen (secondary N) is 1. The molecule has 0 bridgehead atoms. The van der Waals surface area contributed by atoms with Crippen LogP contribution in [-0.4, -0.2) is 41.1 Å². The van der Waals surface area contributed by atoms with Gasteiger partial charge in [0.1, 0.15) is 0 Å². The van der Waals surface area contributed by atoms with Gasteiger partial charge in [0.25, 0.3) is 0 Å². The van der Waals surface area contributed by atoms with Gasteiger partial charge in [0.15, 0.2) is 0 Å². The van der Waals surface area contributed by atoms with E-state index < -0.39 is 5.97 Å². The van der Waals surface area contributed by atoms with Crippen LogP contribution in [0.5, 0.6) is 0 Å². The maximum absolute atomic E-state index is 11.2. The molecule has 0 aliphatic carbocycles. The first-order valence-corrected chi connectivity index (χ1v) is 6.53. The van der Waals surface area contributed by atoms with Crippen LogP contribution in [0.3, 0.4) is 0 Å². The first-order valence-electron chi connectivity index (χ1n) is 6.53. The van der Waals surface area contributed by atoms with Crippen LogP contribution in [-0.2, 0) is 11.3 Å². The molecule has 0 aromatic heterocycles. The summed E-state index contributed by atoms with van der Waals surface area (Å²) in [5, 5.41) is 12.5. The molecule has 2 atom stereocenters. The lowest BCUT2D eigenvalue weighted by Gasteiger charge is -2.40.